The number of hydrogen-bond donors (Lipinski definition) is 1. The first-order chi connectivity index (χ1) is 8.34. The van der Waals surface area contributed by atoms with Gasteiger partial charge in [0.15, 0.2) is 5.82 Å². The highest BCUT2D eigenvalue weighted by Crippen LogP contribution is 2.30. The van der Waals surface area contributed by atoms with Crippen molar-refractivity contribution < 1.29 is 4.39 Å². The minimum Gasteiger partial charge on any atom is -0.309 e. The van der Waals surface area contributed by atoms with E-state index in [2.05, 4.69) is 15.3 Å². The van der Waals surface area contributed by atoms with Gasteiger partial charge in [0.2, 0.25) is 0 Å². The van der Waals surface area contributed by atoms with E-state index in [0.717, 1.165) is 23.7 Å². The van der Waals surface area contributed by atoms with Crippen molar-refractivity contribution in [1.29, 1.82) is 0 Å². The molecule has 0 amide bonds. The van der Waals surface area contributed by atoms with Crippen LogP contribution in [-0.4, -0.2) is 16.5 Å². The van der Waals surface area contributed by atoms with Gasteiger partial charge in [-0.15, -0.1) is 11.3 Å². The fourth-order valence-corrected chi connectivity index (χ4v) is 2.96. The molecule has 1 saturated heterocycles. The first-order valence-corrected chi connectivity index (χ1v) is 6.51. The average Bonchev–Trinajstić information content (AvgIpc) is 3.00. The van der Waals surface area contributed by atoms with Crippen molar-refractivity contribution in [2.45, 2.75) is 18.9 Å². The summed E-state index contributed by atoms with van der Waals surface area (Å²) in [5, 5.41) is 6.13. The second kappa shape index (κ2) is 4.50. The molecule has 1 N–H and O–H groups in total. The Morgan fingerprint density at radius 3 is 3.18 bits per heavy atom. The molecule has 1 fully saturated rings. The van der Waals surface area contributed by atoms with Crippen molar-refractivity contribution in [2.75, 3.05) is 6.54 Å². The van der Waals surface area contributed by atoms with E-state index in [1.165, 1.54) is 24.0 Å². The summed E-state index contributed by atoms with van der Waals surface area (Å²) in [7, 11) is 0. The Balaban J connectivity index is 1.92. The third kappa shape index (κ3) is 2.08. The number of nitrogens with one attached hydrogen (secondary N) is 1. The van der Waals surface area contributed by atoms with Crippen molar-refractivity contribution in [1.82, 2.24) is 15.3 Å². The average molecular weight is 249 g/mol. The Bertz CT molecular complexity index is 520. The maximum Gasteiger partial charge on any atom is 0.151 e. The summed E-state index contributed by atoms with van der Waals surface area (Å²) in [5.74, 6) is -0.312. The molecule has 88 valence electrons. The standard InChI is InChI=1S/C12H12FN3S/c13-9-6-14-5-3-8(9)12-16-11(7-17-12)10-2-1-4-15-10/h3,5-7,10,15H,1-2,4H2/t10-/m0/s1. The number of nitrogens with zero attached hydrogens (tertiary/aromatic N) is 2. The summed E-state index contributed by atoms with van der Waals surface area (Å²) in [5.41, 5.74) is 1.56. The molecule has 1 aliphatic heterocycles. The lowest BCUT2D eigenvalue weighted by molar-refractivity contribution is 0.622. The largest absolute Gasteiger partial charge is 0.309 e. The fourth-order valence-electron chi connectivity index (χ4n) is 2.06. The van der Waals surface area contributed by atoms with Crippen LogP contribution in [0.15, 0.2) is 23.8 Å². The number of aromatic nitrogens is 2. The van der Waals surface area contributed by atoms with Gasteiger partial charge in [-0.05, 0) is 25.5 Å². The Morgan fingerprint density at radius 2 is 2.41 bits per heavy atom. The molecule has 2 aromatic rings. The molecular formula is C12H12FN3S. The highest BCUT2D eigenvalue weighted by atomic mass is 32.1. The van der Waals surface area contributed by atoms with E-state index in [9.17, 15) is 4.39 Å². The Hall–Kier alpha value is -1.33. The molecule has 1 aliphatic rings. The SMILES string of the molecule is Fc1cnccc1-c1nc([C@@H]2CCCN2)cs1. The fraction of sp³-hybridized carbons (Fsp3) is 0.333. The molecule has 2 aromatic heterocycles. The van der Waals surface area contributed by atoms with E-state index in [0.29, 0.717) is 11.6 Å². The summed E-state index contributed by atoms with van der Waals surface area (Å²) in [6.45, 7) is 1.04. The molecule has 0 aromatic carbocycles. The van der Waals surface area contributed by atoms with Gasteiger partial charge in [-0.3, -0.25) is 4.98 Å². The van der Waals surface area contributed by atoms with Gasteiger partial charge in [0.25, 0.3) is 0 Å². The van der Waals surface area contributed by atoms with Crippen LogP contribution in [0, 0.1) is 5.82 Å². The lowest BCUT2D eigenvalue weighted by atomic mass is 10.2. The molecule has 0 spiro atoms. The second-order valence-corrected chi connectivity index (χ2v) is 4.94. The topological polar surface area (TPSA) is 37.8 Å². The van der Waals surface area contributed by atoms with E-state index in [1.54, 1.807) is 12.3 Å². The molecule has 3 rings (SSSR count). The van der Waals surface area contributed by atoms with Crippen molar-refractivity contribution in [3.8, 4) is 10.6 Å². The molecule has 3 nitrogen and oxygen atoms in total. The van der Waals surface area contributed by atoms with Crippen LogP contribution in [0.4, 0.5) is 4.39 Å². The van der Waals surface area contributed by atoms with Crippen LogP contribution in [0.2, 0.25) is 0 Å². The molecule has 3 heterocycles. The Kier molecular flexibility index (Phi) is 2.86. The van der Waals surface area contributed by atoms with Crippen LogP contribution in [0.1, 0.15) is 24.6 Å². The van der Waals surface area contributed by atoms with Crippen LogP contribution < -0.4 is 5.32 Å². The summed E-state index contributed by atoms with van der Waals surface area (Å²) >= 11 is 1.48. The molecular weight excluding hydrogens is 237 g/mol. The van der Waals surface area contributed by atoms with Gasteiger partial charge in [0.1, 0.15) is 5.01 Å². The van der Waals surface area contributed by atoms with Crippen LogP contribution in [0.25, 0.3) is 10.6 Å². The number of rotatable bonds is 2. The predicted octanol–water partition coefficient (Wildman–Crippen LogP) is 2.77. The van der Waals surface area contributed by atoms with Crippen LogP contribution >= 0.6 is 11.3 Å². The first kappa shape index (κ1) is 10.8. The zero-order valence-electron chi connectivity index (χ0n) is 9.19. The quantitative estimate of drug-likeness (QED) is 0.889. The Morgan fingerprint density at radius 1 is 1.47 bits per heavy atom. The smallest absolute Gasteiger partial charge is 0.151 e. The second-order valence-electron chi connectivity index (χ2n) is 4.08. The van der Waals surface area contributed by atoms with Crippen LogP contribution in [0.5, 0.6) is 0 Å². The van der Waals surface area contributed by atoms with Crippen LogP contribution in [0.3, 0.4) is 0 Å². The summed E-state index contributed by atoms with van der Waals surface area (Å²) in [6, 6.07) is 2.00. The highest BCUT2D eigenvalue weighted by Gasteiger charge is 2.19. The van der Waals surface area contributed by atoms with Gasteiger partial charge >= 0.3 is 0 Å². The highest BCUT2D eigenvalue weighted by molar-refractivity contribution is 7.13. The number of pyridine rings is 1. The van der Waals surface area contributed by atoms with Crippen molar-refractivity contribution in [2.24, 2.45) is 0 Å². The summed E-state index contributed by atoms with van der Waals surface area (Å²) in [6.07, 6.45) is 5.11. The molecule has 0 aliphatic carbocycles. The third-order valence-electron chi connectivity index (χ3n) is 2.94. The number of hydrogen-bond acceptors (Lipinski definition) is 4. The lowest BCUT2D eigenvalue weighted by Gasteiger charge is -2.05. The zero-order valence-corrected chi connectivity index (χ0v) is 10.0. The normalized spacial score (nSPS) is 19.7. The Labute approximate surface area is 103 Å². The van der Waals surface area contributed by atoms with Gasteiger partial charge in [-0.1, -0.05) is 0 Å². The molecule has 5 heteroatoms. The minimum absolute atomic E-state index is 0.312. The molecule has 0 bridgehead atoms. The van der Waals surface area contributed by atoms with Crippen molar-refractivity contribution >= 4 is 11.3 Å². The first-order valence-electron chi connectivity index (χ1n) is 5.63. The molecule has 0 saturated carbocycles. The van der Waals surface area contributed by atoms with Gasteiger partial charge in [-0.25, -0.2) is 9.37 Å². The van der Waals surface area contributed by atoms with Crippen LogP contribution in [-0.2, 0) is 0 Å². The van der Waals surface area contributed by atoms with E-state index < -0.39 is 0 Å². The molecule has 0 radical (unpaired) electrons. The molecule has 17 heavy (non-hydrogen) atoms. The minimum atomic E-state index is -0.312. The molecule has 1 atom stereocenters. The number of halogens is 1. The van der Waals surface area contributed by atoms with Gasteiger partial charge in [-0.2, -0.15) is 0 Å². The maximum absolute atomic E-state index is 13.6. The van der Waals surface area contributed by atoms with Gasteiger partial charge in [0, 0.05) is 17.1 Å². The van der Waals surface area contributed by atoms with Crippen molar-refractivity contribution in [3.63, 3.8) is 0 Å². The van der Waals surface area contributed by atoms with Gasteiger partial charge < -0.3 is 5.32 Å². The number of thiazole rings is 1. The van der Waals surface area contributed by atoms with E-state index >= 15 is 0 Å². The van der Waals surface area contributed by atoms with E-state index in [-0.39, 0.29) is 5.82 Å². The lowest BCUT2D eigenvalue weighted by Crippen LogP contribution is -2.12. The van der Waals surface area contributed by atoms with Crippen molar-refractivity contribution in [3.05, 3.63) is 35.4 Å². The summed E-state index contributed by atoms with van der Waals surface area (Å²) < 4.78 is 13.6. The van der Waals surface area contributed by atoms with E-state index in [4.69, 9.17) is 0 Å². The monoisotopic (exact) mass is 249 g/mol. The third-order valence-corrected chi connectivity index (χ3v) is 3.84. The summed E-state index contributed by atoms with van der Waals surface area (Å²) in [4.78, 5) is 8.26. The maximum atomic E-state index is 13.6. The predicted molar refractivity (Wildman–Crippen MR) is 65.3 cm³/mol. The van der Waals surface area contributed by atoms with E-state index in [1.807, 2.05) is 5.38 Å². The molecule has 0 unspecified atom stereocenters. The zero-order chi connectivity index (χ0) is 11.7. The van der Waals surface area contributed by atoms with Gasteiger partial charge in [0.05, 0.1) is 17.9 Å².